The molecule has 2 aromatic heterocycles. The van der Waals surface area contributed by atoms with Gasteiger partial charge in [0.05, 0.1) is 47.1 Å². The van der Waals surface area contributed by atoms with Crippen molar-refractivity contribution < 1.29 is 27.0 Å². The highest BCUT2D eigenvalue weighted by atomic mass is 79.9. The van der Waals surface area contributed by atoms with Crippen LogP contribution in [0.15, 0.2) is 77.9 Å². The maximum absolute atomic E-state index is 13.5. The van der Waals surface area contributed by atoms with Crippen LogP contribution in [-0.2, 0) is 31.5 Å². The van der Waals surface area contributed by atoms with Gasteiger partial charge in [-0.05, 0) is 64.0 Å². The van der Waals surface area contributed by atoms with Crippen molar-refractivity contribution in [3.63, 3.8) is 0 Å². The van der Waals surface area contributed by atoms with Gasteiger partial charge in [0.25, 0.3) is 0 Å². The number of aromatic nitrogens is 3. The van der Waals surface area contributed by atoms with Gasteiger partial charge in [0.1, 0.15) is 40.2 Å². The molecule has 3 heterocycles. The van der Waals surface area contributed by atoms with E-state index in [0.29, 0.717) is 42.2 Å². The molecule has 1 atom stereocenters. The molecule has 41 heavy (non-hydrogen) atoms. The Morgan fingerprint density at radius 1 is 1.12 bits per heavy atom. The molecule has 0 amide bonds. The van der Waals surface area contributed by atoms with Crippen LogP contribution in [0.5, 0.6) is 5.75 Å². The zero-order valence-corrected chi connectivity index (χ0v) is 24.6. The summed E-state index contributed by atoms with van der Waals surface area (Å²) in [6.07, 6.45) is 9.01. The van der Waals surface area contributed by atoms with Crippen LogP contribution in [-0.4, -0.2) is 48.6 Å². The average Bonchev–Trinajstić information content (AvgIpc) is 3.42. The molecule has 0 bridgehead atoms. The van der Waals surface area contributed by atoms with Crippen LogP contribution in [0.1, 0.15) is 24.1 Å². The summed E-state index contributed by atoms with van der Waals surface area (Å²) in [6.45, 7) is 0.672. The topological polar surface area (TPSA) is 113 Å². The quantitative estimate of drug-likeness (QED) is 0.191. The van der Waals surface area contributed by atoms with Crippen molar-refractivity contribution in [3.05, 3.63) is 94.9 Å². The zero-order chi connectivity index (χ0) is 28.9. The van der Waals surface area contributed by atoms with Crippen LogP contribution in [0.25, 0.3) is 10.9 Å². The molecular weight excluding hydrogens is 615 g/mol. The minimum atomic E-state index is -3.09. The first-order valence-corrected chi connectivity index (χ1v) is 15.7. The van der Waals surface area contributed by atoms with E-state index in [2.05, 4.69) is 36.2 Å². The third kappa shape index (κ3) is 7.38. The Balaban J connectivity index is 1.32. The fourth-order valence-corrected chi connectivity index (χ4v) is 5.31. The van der Waals surface area contributed by atoms with E-state index >= 15 is 0 Å². The van der Waals surface area contributed by atoms with Crippen LogP contribution in [0.4, 0.5) is 15.9 Å². The SMILES string of the molecule is CS(=O)(=O)CCOCCC1(c2cc3c(Nc4ccc(OCc5cccc(F)c5)c(Br)c4)ncnc3cn2)CC=CO1. The molecule has 0 fully saturated rings. The molecule has 1 N–H and O–H groups in total. The third-order valence-corrected chi connectivity index (χ3v) is 8.08. The highest BCUT2D eigenvalue weighted by molar-refractivity contribution is 9.10. The van der Waals surface area contributed by atoms with E-state index in [0.717, 1.165) is 21.1 Å². The van der Waals surface area contributed by atoms with Gasteiger partial charge >= 0.3 is 0 Å². The smallest absolute Gasteiger partial charge is 0.155 e. The van der Waals surface area contributed by atoms with Gasteiger partial charge in [-0.2, -0.15) is 0 Å². The Morgan fingerprint density at radius 3 is 2.76 bits per heavy atom. The molecule has 0 saturated carbocycles. The number of hydrogen-bond donors (Lipinski definition) is 1. The van der Waals surface area contributed by atoms with Crippen molar-refractivity contribution in [2.75, 3.05) is 30.5 Å². The number of ether oxygens (including phenoxy) is 3. The maximum Gasteiger partial charge on any atom is 0.155 e. The number of halogens is 2. The Bertz CT molecular complexity index is 1680. The van der Waals surface area contributed by atoms with Crippen LogP contribution in [0.3, 0.4) is 0 Å². The molecule has 0 radical (unpaired) electrons. The molecule has 1 aliphatic rings. The highest BCUT2D eigenvalue weighted by Gasteiger charge is 2.37. The summed E-state index contributed by atoms with van der Waals surface area (Å²) < 4.78 is 54.5. The second kappa shape index (κ2) is 12.5. The van der Waals surface area contributed by atoms with Crippen molar-refractivity contribution in [1.82, 2.24) is 15.0 Å². The normalized spacial score (nSPS) is 16.6. The first-order chi connectivity index (χ1) is 19.7. The largest absolute Gasteiger partial charge is 0.488 e. The molecule has 0 saturated heterocycles. The summed E-state index contributed by atoms with van der Waals surface area (Å²) in [5.41, 5.74) is 2.11. The van der Waals surface area contributed by atoms with Crippen molar-refractivity contribution in [1.29, 1.82) is 0 Å². The molecule has 2 aromatic carbocycles. The maximum atomic E-state index is 13.5. The lowest BCUT2D eigenvalue weighted by molar-refractivity contribution is -0.000444. The fourth-order valence-electron chi connectivity index (χ4n) is 4.40. The van der Waals surface area contributed by atoms with Gasteiger partial charge < -0.3 is 19.5 Å². The predicted molar refractivity (Wildman–Crippen MR) is 157 cm³/mol. The Kier molecular flexibility index (Phi) is 8.81. The van der Waals surface area contributed by atoms with Gasteiger partial charge in [-0.15, -0.1) is 0 Å². The van der Waals surface area contributed by atoms with Gasteiger partial charge in [-0.3, -0.25) is 4.98 Å². The molecule has 1 unspecified atom stereocenters. The van der Waals surface area contributed by atoms with E-state index in [1.807, 2.05) is 30.3 Å². The molecule has 4 aromatic rings. The molecular formula is C29H28BrFN4O5S. The van der Waals surface area contributed by atoms with E-state index in [1.165, 1.54) is 24.7 Å². The van der Waals surface area contributed by atoms with E-state index in [4.69, 9.17) is 14.2 Å². The van der Waals surface area contributed by atoms with E-state index in [-0.39, 0.29) is 24.8 Å². The molecule has 214 valence electrons. The van der Waals surface area contributed by atoms with E-state index in [1.54, 1.807) is 24.6 Å². The Labute approximate surface area is 245 Å². The van der Waals surface area contributed by atoms with Crippen LogP contribution < -0.4 is 10.1 Å². The van der Waals surface area contributed by atoms with Gasteiger partial charge in [-0.1, -0.05) is 12.1 Å². The van der Waals surface area contributed by atoms with Gasteiger partial charge in [0, 0.05) is 30.2 Å². The summed E-state index contributed by atoms with van der Waals surface area (Å²) in [5, 5.41) is 4.11. The van der Waals surface area contributed by atoms with Crippen LogP contribution in [0.2, 0.25) is 0 Å². The summed E-state index contributed by atoms with van der Waals surface area (Å²) in [6, 6.07) is 13.8. The van der Waals surface area contributed by atoms with Crippen LogP contribution >= 0.6 is 15.9 Å². The lowest BCUT2D eigenvalue weighted by Gasteiger charge is -2.28. The fraction of sp³-hybridized carbons (Fsp3) is 0.276. The number of pyridine rings is 1. The monoisotopic (exact) mass is 642 g/mol. The summed E-state index contributed by atoms with van der Waals surface area (Å²) in [4.78, 5) is 13.5. The van der Waals surface area contributed by atoms with Gasteiger partial charge in [-0.25, -0.2) is 22.8 Å². The number of rotatable bonds is 12. The average molecular weight is 644 g/mol. The number of benzene rings is 2. The third-order valence-electron chi connectivity index (χ3n) is 6.55. The molecule has 12 heteroatoms. The highest BCUT2D eigenvalue weighted by Crippen LogP contribution is 2.39. The molecule has 9 nitrogen and oxygen atoms in total. The van der Waals surface area contributed by atoms with Crippen molar-refractivity contribution in [2.24, 2.45) is 0 Å². The van der Waals surface area contributed by atoms with Crippen molar-refractivity contribution >= 4 is 48.2 Å². The number of hydrogen-bond acceptors (Lipinski definition) is 9. The van der Waals surface area contributed by atoms with Crippen LogP contribution in [0, 0.1) is 5.82 Å². The van der Waals surface area contributed by atoms with Gasteiger partial charge in [0.15, 0.2) is 5.60 Å². The van der Waals surface area contributed by atoms with E-state index in [9.17, 15) is 12.8 Å². The minimum absolute atomic E-state index is 0.0318. The summed E-state index contributed by atoms with van der Waals surface area (Å²) >= 11 is 3.56. The second-order valence-corrected chi connectivity index (χ2v) is 12.8. The first kappa shape index (κ1) is 28.9. The lowest BCUT2D eigenvalue weighted by atomic mass is 9.91. The Hall–Kier alpha value is -3.61. The number of nitrogens with zero attached hydrogens (tertiary/aromatic N) is 3. The lowest BCUT2D eigenvalue weighted by Crippen LogP contribution is -2.28. The van der Waals surface area contributed by atoms with E-state index < -0.39 is 15.4 Å². The number of nitrogens with one attached hydrogen (secondary N) is 1. The Morgan fingerprint density at radius 2 is 2.00 bits per heavy atom. The van der Waals surface area contributed by atoms with Crippen molar-refractivity contribution in [2.45, 2.75) is 25.0 Å². The minimum Gasteiger partial charge on any atom is -0.488 e. The summed E-state index contributed by atoms with van der Waals surface area (Å²) in [7, 11) is -3.09. The second-order valence-electron chi connectivity index (χ2n) is 9.68. The zero-order valence-electron chi connectivity index (χ0n) is 22.2. The number of fused-ring (bicyclic) bond motifs is 1. The van der Waals surface area contributed by atoms with Gasteiger partial charge in [0.2, 0.25) is 0 Å². The first-order valence-electron chi connectivity index (χ1n) is 12.8. The molecule has 1 aliphatic heterocycles. The number of sulfone groups is 1. The molecule has 5 rings (SSSR count). The van der Waals surface area contributed by atoms with Crippen molar-refractivity contribution in [3.8, 4) is 5.75 Å². The standard InChI is InChI=1S/C29H28BrFN4O5S/c1-41(36,37)13-12-38-11-9-29(8-3-10-40-29)27-16-23-25(17-32-27)33-19-34-28(23)35-22-6-7-26(24(30)15-22)39-18-20-4-2-5-21(31)14-20/h2-7,10,14-17,19H,8-9,11-13,18H2,1H3,(H,33,34,35). The number of anilines is 2. The molecule has 0 spiro atoms. The predicted octanol–water partition coefficient (Wildman–Crippen LogP) is 5.83. The molecule has 0 aliphatic carbocycles. The summed E-state index contributed by atoms with van der Waals surface area (Å²) in [5.74, 6) is 0.866.